The van der Waals surface area contributed by atoms with E-state index in [1.54, 1.807) is 24.3 Å². The van der Waals surface area contributed by atoms with Gasteiger partial charge in [-0.2, -0.15) is 0 Å². The van der Waals surface area contributed by atoms with Crippen LogP contribution in [0.4, 0.5) is 15.6 Å². The Morgan fingerprint density at radius 3 is 2.53 bits per heavy atom. The lowest BCUT2D eigenvalue weighted by Gasteiger charge is -2.25. The van der Waals surface area contributed by atoms with Crippen LogP contribution in [0, 0.1) is 0 Å². The molecule has 1 aliphatic rings. The Balaban J connectivity index is 1.46. The van der Waals surface area contributed by atoms with Crippen molar-refractivity contribution in [3.8, 4) is 0 Å². The second-order valence-electron chi connectivity index (χ2n) is 8.08. The lowest BCUT2D eigenvalue weighted by Crippen LogP contribution is -2.35. The first-order valence-corrected chi connectivity index (χ1v) is 10.8. The number of amides is 2. The number of thiazole rings is 1. The normalized spacial score (nSPS) is 14.9. The number of benzene rings is 1. The fourth-order valence-corrected chi connectivity index (χ4v) is 3.62. The average molecular weight is 433 g/mol. The summed E-state index contributed by atoms with van der Waals surface area (Å²) in [6.07, 6.45) is -0.282. The highest BCUT2D eigenvalue weighted by atomic mass is 32.1. The van der Waals surface area contributed by atoms with Crippen LogP contribution in [0.1, 0.15) is 32.0 Å². The minimum atomic E-state index is -0.556. The maximum Gasteiger partial charge on any atom is 0.412 e. The number of hydrogen-bond donors (Lipinski definition) is 2. The number of ether oxygens (including phenoxy) is 2. The molecule has 0 aliphatic carbocycles. The molecular formula is C21H28N4O4S. The lowest BCUT2D eigenvalue weighted by atomic mass is 10.1. The van der Waals surface area contributed by atoms with Crippen LogP contribution < -0.4 is 10.6 Å². The Kier molecular flexibility index (Phi) is 7.41. The molecule has 0 bridgehead atoms. The van der Waals surface area contributed by atoms with Crippen molar-refractivity contribution in [1.82, 2.24) is 9.88 Å². The first-order valence-electron chi connectivity index (χ1n) is 9.90. The first-order chi connectivity index (χ1) is 14.3. The van der Waals surface area contributed by atoms with Gasteiger partial charge in [-0.15, -0.1) is 11.3 Å². The first kappa shape index (κ1) is 22.2. The van der Waals surface area contributed by atoms with E-state index in [0.717, 1.165) is 44.1 Å². The fourth-order valence-electron chi connectivity index (χ4n) is 2.90. The highest BCUT2D eigenvalue weighted by Crippen LogP contribution is 2.18. The number of nitrogens with one attached hydrogen (secondary N) is 2. The van der Waals surface area contributed by atoms with Crippen LogP contribution in [0.5, 0.6) is 0 Å². The molecule has 1 saturated heterocycles. The van der Waals surface area contributed by atoms with Crippen molar-refractivity contribution >= 4 is 34.2 Å². The lowest BCUT2D eigenvalue weighted by molar-refractivity contribution is -0.115. The van der Waals surface area contributed by atoms with Crippen molar-refractivity contribution in [2.45, 2.75) is 39.3 Å². The molecule has 162 valence electrons. The molecule has 0 radical (unpaired) electrons. The SMILES string of the molecule is CC(C)(C)OC(=O)Nc1ccc(CC(=O)Nc2nc(CN3CCOCC3)cs2)cc1. The van der Waals surface area contributed by atoms with Gasteiger partial charge in [-0.05, 0) is 38.5 Å². The van der Waals surface area contributed by atoms with E-state index in [9.17, 15) is 9.59 Å². The van der Waals surface area contributed by atoms with Gasteiger partial charge in [0.15, 0.2) is 5.13 Å². The summed E-state index contributed by atoms with van der Waals surface area (Å²) in [7, 11) is 0. The highest BCUT2D eigenvalue weighted by molar-refractivity contribution is 7.13. The third kappa shape index (κ3) is 7.40. The van der Waals surface area contributed by atoms with Gasteiger partial charge in [0.2, 0.25) is 5.91 Å². The Morgan fingerprint density at radius 2 is 1.87 bits per heavy atom. The molecule has 1 aliphatic heterocycles. The van der Waals surface area contributed by atoms with Crippen LogP contribution in [-0.4, -0.2) is 53.8 Å². The van der Waals surface area contributed by atoms with Crippen LogP contribution in [-0.2, 0) is 27.2 Å². The van der Waals surface area contributed by atoms with E-state index in [2.05, 4.69) is 20.5 Å². The monoisotopic (exact) mass is 432 g/mol. The van der Waals surface area contributed by atoms with E-state index in [4.69, 9.17) is 9.47 Å². The van der Waals surface area contributed by atoms with Crippen LogP contribution in [0.25, 0.3) is 0 Å². The zero-order valence-electron chi connectivity index (χ0n) is 17.6. The molecule has 9 heteroatoms. The second-order valence-corrected chi connectivity index (χ2v) is 8.94. The van der Waals surface area contributed by atoms with Crippen LogP contribution in [0.3, 0.4) is 0 Å². The molecule has 0 saturated carbocycles. The zero-order chi connectivity index (χ0) is 21.6. The maximum atomic E-state index is 12.3. The summed E-state index contributed by atoms with van der Waals surface area (Å²) in [4.78, 5) is 30.9. The molecule has 30 heavy (non-hydrogen) atoms. The number of nitrogens with zero attached hydrogens (tertiary/aromatic N) is 2. The van der Waals surface area contributed by atoms with Gasteiger partial charge in [-0.1, -0.05) is 12.1 Å². The van der Waals surface area contributed by atoms with Gasteiger partial charge < -0.3 is 14.8 Å². The minimum Gasteiger partial charge on any atom is -0.444 e. The molecule has 0 atom stereocenters. The van der Waals surface area contributed by atoms with E-state index >= 15 is 0 Å². The number of hydrogen-bond acceptors (Lipinski definition) is 7. The van der Waals surface area contributed by atoms with Crippen LogP contribution in [0.2, 0.25) is 0 Å². The van der Waals surface area contributed by atoms with E-state index in [1.807, 2.05) is 26.2 Å². The van der Waals surface area contributed by atoms with Crippen LogP contribution >= 0.6 is 11.3 Å². The number of aromatic nitrogens is 1. The van der Waals surface area contributed by atoms with Crippen LogP contribution in [0.15, 0.2) is 29.6 Å². The molecule has 1 fully saturated rings. The molecule has 2 aromatic rings. The maximum absolute atomic E-state index is 12.3. The highest BCUT2D eigenvalue weighted by Gasteiger charge is 2.16. The van der Waals surface area contributed by atoms with Gasteiger partial charge in [-0.25, -0.2) is 9.78 Å². The third-order valence-electron chi connectivity index (χ3n) is 4.25. The second kappa shape index (κ2) is 10.0. The quantitative estimate of drug-likeness (QED) is 0.726. The number of rotatable bonds is 6. The van der Waals surface area contributed by atoms with E-state index < -0.39 is 11.7 Å². The molecule has 2 amide bonds. The largest absolute Gasteiger partial charge is 0.444 e. The van der Waals surface area contributed by atoms with Gasteiger partial charge in [0.1, 0.15) is 5.60 Å². The molecule has 3 rings (SSSR count). The van der Waals surface area contributed by atoms with Crippen molar-refractivity contribution in [2.75, 3.05) is 36.9 Å². The summed E-state index contributed by atoms with van der Waals surface area (Å²) in [5.74, 6) is -0.130. The summed E-state index contributed by atoms with van der Waals surface area (Å²) < 4.78 is 10.6. The van der Waals surface area contributed by atoms with Crippen molar-refractivity contribution < 1.29 is 19.1 Å². The predicted molar refractivity (Wildman–Crippen MR) is 117 cm³/mol. The standard InChI is InChI=1S/C21H28N4O4S/c1-21(2,3)29-20(27)23-16-6-4-15(5-7-16)12-18(26)24-19-22-17(14-30-19)13-25-8-10-28-11-9-25/h4-7,14H,8-13H2,1-3H3,(H,23,27)(H,22,24,26). The van der Waals surface area contributed by atoms with Gasteiger partial charge in [0, 0.05) is 30.7 Å². The van der Waals surface area contributed by atoms with E-state index in [0.29, 0.717) is 10.8 Å². The summed E-state index contributed by atoms with van der Waals surface area (Å²) in [6, 6.07) is 7.10. The molecule has 2 N–H and O–H groups in total. The molecule has 2 heterocycles. The van der Waals surface area contributed by atoms with E-state index in [-0.39, 0.29) is 12.3 Å². The third-order valence-corrected chi connectivity index (χ3v) is 5.06. The van der Waals surface area contributed by atoms with Gasteiger partial charge in [-0.3, -0.25) is 15.0 Å². The van der Waals surface area contributed by atoms with Crippen molar-refractivity contribution in [2.24, 2.45) is 0 Å². The Hall–Kier alpha value is -2.49. The Labute approximate surface area is 180 Å². The van der Waals surface area contributed by atoms with Crippen molar-refractivity contribution in [1.29, 1.82) is 0 Å². The summed E-state index contributed by atoms with van der Waals surface area (Å²) in [5, 5.41) is 8.11. The predicted octanol–water partition coefficient (Wildman–Crippen LogP) is 3.50. The topological polar surface area (TPSA) is 92.8 Å². The molecule has 1 aromatic carbocycles. The molecule has 8 nitrogen and oxygen atoms in total. The number of morpholine rings is 1. The number of carbonyl (C=O) groups excluding carboxylic acids is 2. The van der Waals surface area contributed by atoms with Gasteiger partial charge in [0.05, 0.1) is 25.3 Å². The molecule has 0 spiro atoms. The average Bonchev–Trinajstić information content (AvgIpc) is 3.09. The number of carbonyl (C=O) groups is 2. The summed E-state index contributed by atoms with van der Waals surface area (Å²) in [5.41, 5.74) is 1.85. The summed E-state index contributed by atoms with van der Waals surface area (Å²) >= 11 is 1.43. The van der Waals surface area contributed by atoms with Gasteiger partial charge >= 0.3 is 6.09 Å². The Bertz CT molecular complexity index is 855. The molecular weight excluding hydrogens is 404 g/mol. The van der Waals surface area contributed by atoms with Crippen molar-refractivity contribution in [3.05, 3.63) is 40.9 Å². The Morgan fingerprint density at radius 1 is 1.17 bits per heavy atom. The van der Waals surface area contributed by atoms with Gasteiger partial charge in [0.25, 0.3) is 0 Å². The minimum absolute atomic E-state index is 0.130. The zero-order valence-corrected chi connectivity index (χ0v) is 18.4. The summed E-state index contributed by atoms with van der Waals surface area (Å²) in [6.45, 7) is 9.49. The van der Waals surface area contributed by atoms with E-state index in [1.165, 1.54) is 11.3 Å². The fraction of sp³-hybridized carbons (Fsp3) is 0.476. The smallest absolute Gasteiger partial charge is 0.412 e. The molecule has 1 aromatic heterocycles. The van der Waals surface area contributed by atoms with Crippen molar-refractivity contribution in [3.63, 3.8) is 0 Å². The number of anilines is 2. The molecule has 0 unspecified atom stereocenters.